The molecule has 0 aliphatic carbocycles. The molecular weight excluding hydrogens is 606 g/mol. The Kier molecular flexibility index (Phi) is 8.64. The Morgan fingerprint density at radius 3 is 2.52 bits per heavy atom. The van der Waals surface area contributed by atoms with Crippen molar-refractivity contribution in [2.45, 2.75) is 38.6 Å². The number of esters is 1. The Bertz CT molecular complexity index is 1530. The molecule has 1 aromatic carbocycles. The van der Waals surface area contributed by atoms with E-state index in [1.54, 1.807) is 25.7 Å². The lowest BCUT2D eigenvalue weighted by molar-refractivity contribution is -0.159. The Balaban J connectivity index is 1.49. The van der Waals surface area contributed by atoms with Crippen LogP contribution in [0.4, 0.5) is 33.3 Å². The number of ether oxygens (including phenoxy) is 1. The van der Waals surface area contributed by atoms with Gasteiger partial charge in [-0.15, -0.1) is 11.3 Å². The van der Waals surface area contributed by atoms with Crippen LogP contribution in [0.15, 0.2) is 35.8 Å². The van der Waals surface area contributed by atoms with Crippen molar-refractivity contribution in [1.82, 2.24) is 15.3 Å². The normalized spacial score (nSPS) is 17.2. The first kappa shape index (κ1) is 31.0. The van der Waals surface area contributed by atoms with Crippen LogP contribution in [-0.4, -0.2) is 57.8 Å². The Labute approximate surface area is 245 Å². The van der Waals surface area contributed by atoms with Gasteiger partial charge in [-0.3, -0.25) is 14.9 Å². The number of nitrogens with one attached hydrogen (secondary N) is 2. The number of carbonyl (C=O) groups is 3. The minimum Gasteiger partial charge on any atom is -0.465 e. The van der Waals surface area contributed by atoms with E-state index in [9.17, 15) is 37.1 Å². The lowest BCUT2D eigenvalue weighted by Crippen LogP contribution is -2.44. The Morgan fingerprint density at radius 1 is 1.19 bits per heavy atom. The van der Waals surface area contributed by atoms with Crippen molar-refractivity contribution < 1.29 is 41.8 Å². The predicted molar refractivity (Wildman–Crippen MR) is 146 cm³/mol. The summed E-state index contributed by atoms with van der Waals surface area (Å²) >= 11 is 7.29. The maximum absolute atomic E-state index is 14.5. The molecule has 2 amide bonds. The highest BCUT2D eigenvalue weighted by molar-refractivity contribution is 7.14. The van der Waals surface area contributed by atoms with Gasteiger partial charge in [0.1, 0.15) is 17.2 Å². The van der Waals surface area contributed by atoms with E-state index >= 15 is 0 Å². The molecule has 1 fully saturated rings. The van der Waals surface area contributed by atoms with Crippen LogP contribution in [0.25, 0.3) is 11.3 Å². The van der Waals surface area contributed by atoms with Crippen LogP contribution >= 0.6 is 22.9 Å². The van der Waals surface area contributed by atoms with Gasteiger partial charge in [0.25, 0.3) is 5.91 Å². The topological polar surface area (TPSA) is 134 Å². The Hall–Kier alpha value is -3.98. The molecule has 0 saturated carbocycles. The number of pyridine rings is 1. The standard InChI is InChI=1S/C26H24ClF4N5O5S/c1-25(2,3)41-22(38)14-9-36(10-17(14)34-24(39)40)20-16(27)7-12(8-32-20)21(37)35-23-33-18(11-42-23)13-5-4-6-15(19(13)28)26(29,30)31/h4-8,11,14,17,34H,9-10H2,1-3H3,(H,39,40)(H,33,35,37)/t14-,17+/m1/s1. The number of carboxylic acid groups (broad SMARTS) is 1. The number of thiazole rings is 1. The smallest absolute Gasteiger partial charge is 0.419 e. The van der Waals surface area contributed by atoms with Crippen molar-refractivity contribution in [3.63, 3.8) is 0 Å². The predicted octanol–water partition coefficient (Wildman–Crippen LogP) is 5.68. The largest absolute Gasteiger partial charge is 0.465 e. The fraction of sp³-hybridized carbons (Fsp3) is 0.346. The quantitative estimate of drug-likeness (QED) is 0.234. The molecule has 4 rings (SSSR count). The van der Waals surface area contributed by atoms with Gasteiger partial charge in [0.15, 0.2) is 5.13 Å². The lowest BCUT2D eigenvalue weighted by atomic mass is 10.0. The number of hydrogen-bond acceptors (Lipinski definition) is 8. The first-order chi connectivity index (χ1) is 19.5. The van der Waals surface area contributed by atoms with Crippen LogP contribution in [0.2, 0.25) is 5.02 Å². The first-order valence-electron chi connectivity index (χ1n) is 12.3. The summed E-state index contributed by atoms with van der Waals surface area (Å²) in [5.74, 6) is -3.41. The highest BCUT2D eigenvalue weighted by Crippen LogP contribution is 2.36. The molecule has 224 valence electrons. The first-order valence-corrected chi connectivity index (χ1v) is 13.5. The summed E-state index contributed by atoms with van der Waals surface area (Å²) in [6.07, 6.45) is -4.99. The third kappa shape index (κ3) is 7.07. The van der Waals surface area contributed by atoms with Crippen molar-refractivity contribution in [3.8, 4) is 11.3 Å². The van der Waals surface area contributed by atoms with Crippen molar-refractivity contribution in [2.75, 3.05) is 23.3 Å². The van der Waals surface area contributed by atoms with Crippen molar-refractivity contribution in [3.05, 3.63) is 57.8 Å². The van der Waals surface area contributed by atoms with Gasteiger partial charge in [0, 0.05) is 30.2 Å². The average Bonchev–Trinajstić information content (AvgIpc) is 3.49. The molecule has 0 spiro atoms. The maximum atomic E-state index is 14.5. The number of amides is 2. The number of anilines is 2. The van der Waals surface area contributed by atoms with Crippen LogP contribution < -0.4 is 15.5 Å². The summed E-state index contributed by atoms with van der Waals surface area (Å²) in [6, 6.07) is 3.33. The number of carbonyl (C=O) groups excluding carboxylic acids is 2. The summed E-state index contributed by atoms with van der Waals surface area (Å²) in [5, 5.41) is 15.4. The molecule has 2 aromatic heterocycles. The molecule has 1 saturated heterocycles. The van der Waals surface area contributed by atoms with E-state index < -0.39 is 53.1 Å². The zero-order valence-electron chi connectivity index (χ0n) is 22.3. The molecule has 16 heteroatoms. The zero-order chi connectivity index (χ0) is 31.0. The second-order valence-electron chi connectivity index (χ2n) is 10.3. The number of alkyl halides is 3. The number of rotatable bonds is 6. The molecule has 3 heterocycles. The van der Waals surface area contributed by atoms with Crippen LogP contribution in [0.1, 0.15) is 36.7 Å². The van der Waals surface area contributed by atoms with Gasteiger partial charge in [-0.2, -0.15) is 13.2 Å². The van der Waals surface area contributed by atoms with Crippen molar-refractivity contribution in [1.29, 1.82) is 0 Å². The lowest BCUT2D eigenvalue weighted by Gasteiger charge is -2.24. The highest BCUT2D eigenvalue weighted by Gasteiger charge is 2.42. The summed E-state index contributed by atoms with van der Waals surface area (Å²) in [5.41, 5.74) is -2.68. The van der Waals surface area contributed by atoms with Gasteiger partial charge in [-0.25, -0.2) is 19.2 Å². The van der Waals surface area contributed by atoms with Crippen LogP contribution in [-0.2, 0) is 15.7 Å². The molecule has 1 aliphatic heterocycles. The number of halogens is 5. The molecular formula is C26H24ClF4N5O5S. The van der Waals surface area contributed by atoms with Gasteiger partial charge in [0.05, 0.1) is 33.8 Å². The van der Waals surface area contributed by atoms with Crippen LogP contribution in [0.5, 0.6) is 0 Å². The van der Waals surface area contributed by atoms with Crippen molar-refractivity contribution in [2.24, 2.45) is 5.92 Å². The van der Waals surface area contributed by atoms with Crippen LogP contribution in [0, 0.1) is 11.7 Å². The average molecular weight is 630 g/mol. The van der Waals surface area contributed by atoms with E-state index in [-0.39, 0.29) is 45.9 Å². The van der Waals surface area contributed by atoms with Gasteiger partial charge >= 0.3 is 18.2 Å². The molecule has 1 aliphatic rings. The third-order valence-electron chi connectivity index (χ3n) is 6.03. The number of benzene rings is 1. The molecule has 10 nitrogen and oxygen atoms in total. The minimum atomic E-state index is -4.88. The fourth-order valence-corrected chi connectivity index (χ4v) is 5.25. The molecule has 0 bridgehead atoms. The molecule has 2 atom stereocenters. The van der Waals surface area contributed by atoms with Crippen LogP contribution in [0.3, 0.4) is 0 Å². The maximum Gasteiger partial charge on any atom is 0.419 e. The van der Waals surface area contributed by atoms with E-state index in [2.05, 4.69) is 20.6 Å². The zero-order valence-corrected chi connectivity index (χ0v) is 23.8. The van der Waals surface area contributed by atoms with Crippen molar-refractivity contribution >= 4 is 51.9 Å². The summed E-state index contributed by atoms with van der Waals surface area (Å²) in [7, 11) is 0. The molecule has 42 heavy (non-hydrogen) atoms. The molecule has 0 unspecified atom stereocenters. The number of nitrogens with zero attached hydrogens (tertiary/aromatic N) is 3. The van der Waals surface area contributed by atoms with E-state index in [4.69, 9.17) is 16.3 Å². The summed E-state index contributed by atoms with van der Waals surface area (Å²) in [4.78, 5) is 46.7. The fourth-order valence-electron chi connectivity index (χ4n) is 4.26. The third-order valence-corrected chi connectivity index (χ3v) is 7.06. The second kappa shape index (κ2) is 11.7. The van der Waals surface area contributed by atoms with E-state index in [1.807, 2.05) is 0 Å². The SMILES string of the molecule is CC(C)(C)OC(=O)[C@@H]1CN(c2ncc(C(=O)Nc3nc(-c4cccc(C(F)(F)F)c4F)cs3)cc2Cl)C[C@@H]1NC(=O)O. The highest BCUT2D eigenvalue weighted by atomic mass is 35.5. The molecule has 3 aromatic rings. The van der Waals surface area contributed by atoms with Gasteiger partial charge in [-0.1, -0.05) is 17.7 Å². The van der Waals surface area contributed by atoms with E-state index in [0.29, 0.717) is 6.07 Å². The van der Waals surface area contributed by atoms with E-state index in [1.165, 1.54) is 17.6 Å². The molecule has 3 N–H and O–H groups in total. The molecule has 0 radical (unpaired) electrons. The monoisotopic (exact) mass is 629 g/mol. The van der Waals surface area contributed by atoms with Gasteiger partial charge in [-0.05, 0) is 39.0 Å². The summed E-state index contributed by atoms with van der Waals surface area (Å²) < 4.78 is 59.1. The van der Waals surface area contributed by atoms with E-state index in [0.717, 1.165) is 23.5 Å². The summed E-state index contributed by atoms with van der Waals surface area (Å²) in [6.45, 7) is 5.18. The second-order valence-corrected chi connectivity index (χ2v) is 11.6. The minimum absolute atomic E-state index is 0.00524. The van der Waals surface area contributed by atoms with Gasteiger partial charge < -0.3 is 20.1 Å². The number of aromatic nitrogens is 2. The Morgan fingerprint density at radius 2 is 1.90 bits per heavy atom. The van der Waals surface area contributed by atoms with Gasteiger partial charge in [0.2, 0.25) is 0 Å². The number of hydrogen-bond donors (Lipinski definition) is 3.